The Balaban J connectivity index is 2.29. The van der Waals surface area contributed by atoms with Crippen LogP contribution in [0.3, 0.4) is 0 Å². The first kappa shape index (κ1) is 16.5. The molecule has 0 saturated heterocycles. The van der Waals surface area contributed by atoms with E-state index < -0.39 is 10.0 Å². The Morgan fingerprint density at radius 1 is 1.38 bits per heavy atom. The van der Waals surface area contributed by atoms with Gasteiger partial charge in [-0.2, -0.15) is 4.37 Å². The minimum absolute atomic E-state index is 0.0834. The first-order chi connectivity index (χ1) is 9.87. The molecule has 0 amide bonds. The normalized spacial score (nSPS) is 23.4. The van der Waals surface area contributed by atoms with E-state index in [0.29, 0.717) is 17.0 Å². The highest BCUT2D eigenvalue weighted by Crippen LogP contribution is 2.36. The minimum Gasteiger partial charge on any atom is -0.382 e. The van der Waals surface area contributed by atoms with E-state index in [-0.39, 0.29) is 10.7 Å². The summed E-state index contributed by atoms with van der Waals surface area (Å²) in [5, 5.41) is 3.98. The molecule has 6 nitrogen and oxygen atoms in total. The van der Waals surface area contributed by atoms with Crippen LogP contribution in [-0.2, 0) is 10.0 Å². The molecule has 2 rings (SSSR count). The molecular weight excluding hydrogens is 308 g/mol. The molecule has 1 aliphatic carbocycles. The van der Waals surface area contributed by atoms with Crippen LogP contribution in [0.5, 0.6) is 0 Å². The topological polar surface area (TPSA) is 88.3 Å². The molecule has 0 aromatic carbocycles. The smallest absolute Gasteiger partial charge is 0.249 e. The van der Waals surface area contributed by atoms with Crippen LogP contribution in [0, 0.1) is 5.92 Å². The van der Waals surface area contributed by atoms with Gasteiger partial charge in [-0.1, -0.05) is 26.2 Å². The molecule has 21 heavy (non-hydrogen) atoms. The molecule has 0 spiro atoms. The number of anilines is 2. The number of hydrogen-bond acceptors (Lipinski definition) is 6. The van der Waals surface area contributed by atoms with Gasteiger partial charge in [0.1, 0.15) is 5.00 Å². The van der Waals surface area contributed by atoms with E-state index in [4.69, 9.17) is 5.73 Å². The van der Waals surface area contributed by atoms with E-state index >= 15 is 0 Å². The minimum atomic E-state index is -3.58. The van der Waals surface area contributed by atoms with Crippen molar-refractivity contribution in [3.05, 3.63) is 0 Å². The van der Waals surface area contributed by atoms with Crippen LogP contribution < -0.4 is 11.1 Å². The predicted octanol–water partition coefficient (Wildman–Crippen LogP) is 2.36. The van der Waals surface area contributed by atoms with E-state index in [0.717, 1.165) is 24.4 Å². The quantitative estimate of drug-likeness (QED) is 0.864. The molecule has 8 heteroatoms. The summed E-state index contributed by atoms with van der Waals surface area (Å²) >= 11 is 1.13. The molecule has 3 N–H and O–H groups in total. The highest BCUT2D eigenvalue weighted by Gasteiger charge is 2.31. The average Bonchev–Trinajstić information content (AvgIpc) is 2.80. The molecule has 120 valence electrons. The van der Waals surface area contributed by atoms with Crippen molar-refractivity contribution >= 4 is 32.4 Å². The summed E-state index contributed by atoms with van der Waals surface area (Å²) in [6, 6.07) is 0.305. The Bertz CT molecular complexity index is 583. The highest BCUT2D eigenvalue weighted by atomic mass is 32.2. The lowest BCUT2D eigenvalue weighted by Gasteiger charge is -2.32. The van der Waals surface area contributed by atoms with Crippen LogP contribution in [0.4, 0.5) is 10.8 Å². The fraction of sp³-hybridized carbons (Fsp3) is 0.769. The van der Waals surface area contributed by atoms with Crippen LogP contribution in [0.25, 0.3) is 0 Å². The zero-order chi connectivity index (χ0) is 15.6. The summed E-state index contributed by atoms with van der Waals surface area (Å²) in [6.45, 7) is 2.18. The summed E-state index contributed by atoms with van der Waals surface area (Å²) in [5.41, 5.74) is 5.79. The molecule has 2 atom stereocenters. The van der Waals surface area contributed by atoms with Gasteiger partial charge in [-0.3, -0.25) is 0 Å². The van der Waals surface area contributed by atoms with Crippen molar-refractivity contribution in [1.82, 2.24) is 8.68 Å². The van der Waals surface area contributed by atoms with Gasteiger partial charge in [0.05, 0.1) is 0 Å². The van der Waals surface area contributed by atoms with Gasteiger partial charge in [-0.15, -0.1) is 0 Å². The number of nitrogens with two attached hydrogens (primary N) is 1. The Labute approximate surface area is 130 Å². The summed E-state index contributed by atoms with van der Waals surface area (Å²) in [6.07, 6.45) is 5.79. The number of nitrogen functional groups attached to an aromatic ring is 1. The third-order valence-corrected chi connectivity index (χ3v) is 6.98. The second-order valence-electron chi connectivity index (χ2n) is 5.72. The van der Waals surface area contributed by atoms with Crippen molar-refractivity contribution in [3.8, 4) is 0 Å². The van der Waals surface area contributed by atoms with Gasteiger partial charge >= 0.3 is 0 Å². The van der Waals surface area contributed by atoms with Crippen molar-refractivity contribution in [3.63, 3.8) is 0 Å². The Morgan fingerprint density at radius 2 is 2.05 bits per heavy atom. The van der Waals surface area contributed by atoms with E-state index in [1.165, 1.54) is 37.7 Å². The van der Waals surface area contributed by atoms with Crippen LogP contribution in [0.2, 0.25) is 0 Å². The molecule has 1 heterocycles. The van der Waals surface area contributed by atoms with E-state index in [9.17, 15) is 8.42 Å². The van der Waals surface area contributed by atoms with E-state index in [2.05, 4.69) is 16.6 Å². The molecule has 0 radical (unpaired) electrons. The number of aromatic nitrogens is 1. The third-order valence-electron chi connectivity index (χ3n) is 4.16. The maximum absolute atomic E-state index is 12.4. The molecule has 1 saturated carbocycles. The SMILES string of the molecule is CCC1CCCCC1Nc1snc(N)c1S(=O)(=O)N(C)C. The van der Waals surface area contributed by atoms with E-state index in [1.807, 2.05) is 0 Å². The predicted molar refractivity (Wildman–Crippen MR) is 87.1 cm³/mol. The molecule has 2 unspecified atom stereocenters. The zero-order valence-corrected chi connectivity index (χ0v) is 14.4. The summed E-state index contributed by atoms with van der Waals surface area (Å²) in [4.78, 5) is 0.123. The fourth-order valence-corrected chi connectivity index (χ4v) is 5.00. The molecule has 1 fully saturated rings. The number of nitrogens with one attached hydrogen (secondary N) is 1. The molecule has 0 aliphatic heterocycles. The van der Waals surface area contributed by atoms with Crippen LogP contribution in [0.15, 0.2) is 4.90 Å². The largest absolute Gasteiger partial charge is 0.382 e. The van der Waals surface area contributed by atoms with Crippen molar-refractivity contribution in [2.75, 3.05) is 25.1 Å². The van der Waals surface area contributed by atoms with Crippen LogP contribution in [0.1, 0.15) is 39.0 Å². The van der Waals surface area contributed by atoms with Crippen molar-refractivity contribution in [1.29, 1.82) is 0 Å². The second-order valence-corrected chi connectivity index (χ2v) is 8.58. The summed E-state index contributed by atoms with van der Waals surface area (Å²) < 4.78 is 30.0. The van der Waals surface area contributed by atoms with Crippen molar-refractivity contribution in [2.45, 2.75) is 50.0 Å². The first-order valence-corrected chi connectivity index (χ1v) is 9.53. The maximum atomic E-state index is 12.4. The lowest BCUT2D eigenvalue weighted by atomic mass is 9.83. The highest BCUT2D eigenvalue weighted by molar-refractivity contribution is 7.89. The summed E-state index contributed by atoms with van der Waals surface area (Å²) in [5.74, 6) is 0.664. The second kappa shape index (κ2) is 6.50. The first-order valence-electron chi connectivity index (χ1n) is 7.32. The van der Waals surface area contributed by atoms with Gasteiger partial charge < -0.3 is 11.1 Å². The number of rotatable bonds is 5. The third kappa shape index (κ3) is 3.32. The average molecular weight is 332 g/mol. The Hall–Kier alpha value is -0.860. The molecule has 1 aromatic heterocycles. The van der Waals surface area contributed by atoms with Crippen LogP contribution in [-0.4, -0.2) is 37.2 Å². The summed E-state index contributed by atoms with van der Waals surface area (Å²) in [7, 11) is -0.565. The van der Waals surface area contributed by atoms with Gasteiger partial charge in [0, 0.05) is 20.1 Å². The standard InChI is InChI=1S/C13H24N4O2S2/c1-4-9-7-5-6-8-10(9)15-13-11(12(14)16-20-13)21(18,19)17(2)3/h9-10,15H,4-8H2,1-3H3,(H2,14,16). The molecule has 1 aromatic rings. The Morgan fingerprint density at radius 3 is 2.67 bits per heavy atom. The van der Waals surface area contributed by atoms with E-state index in [1.54, 1.807) is 0 Å². The fourth-order valence-electron chi connectivity index (χ4n) is 2.87. The van der Waals surface area contributed by atoms with Crippen molar-refractivity contribution in [2.24, 2.45) is 5.92 Å². The molecule has 1 aliphatic rings. The van der Waals surface area contributed by atoms with Gasteiger partial charge in [0.25, 0.3) is 0 Å². The number of nitrogens with zero attached hydrogens (tertiary/aromatic N) is 2. The molecule has 0 bridgehead atoms. The zero-order valence-electron chi connectivity index (χ0n) is 12.8. The lowest BCUT2D eigenvalue weighted by Crippen LogP contribution is -2.32. The van der Waals surface area contributed by atoms with Gasteiger partial charge in [-0.25, -0.2) is 12.7 Å². The van der Waals surface area contributed by atoms with Crippen molar-refractivity contribution < 1.29 is 8.42 Å². The van der Waals surface area contributed by atoms with Gasteiger partial charge in [0.2, 0.25) is 10.0 Å². The maximum Gasteiger partial charge on any atom is 0.249 e. The Kier molecular flexibility index (Phi) is 5.11. The lowest BCUT2D eigenvalue weighted by molar-refractivity contribution is 0.317. The number of hydrogen-bond donors (Lipinski definition) is 2. The number of sulfonamides is 1. The van der Waals surface area contributed by atoms with Gasteiger partial charge in [0.15, 0.2) is 10.7 Å². The molecular formula is C13H24N4O2S2. The van der Waals surface area contributed by atoms with Crippen LogP contribution >= 0.6 is 11.5 Å². The van der Waals surface area contributed by atoms with Gasteiger partial charge in [-0.05, 0) is 30.3 Å². The monoisotopic (exact) mass is 332 g/mol.